The van der Waals surface area contributed by atoms with Crippen LogP contribution < -0.4 is 0 Å². The number of pyridine rings is 1. The fourth-order valence-corrected chi connectivity index (χ4v) is 3.20. The van der Waals surface area contributed by atoms with Crippen LogP contribution in [-0.2, 0) is 11.0 Å². The zero-order valence-corrected chi connectivity index (χ0v) is 11.1. The lowest BCUT2D eigenvalue weighted by Gasteiger charge is -2.15. The molecule has 1 N–H and O–H groups in total. The molecule has 1 saturated heterocycles. The van der Waals surface area contributed by atoms with Crippen molar-refractivity contribution in [2.75, 3.05) is 13.1 Å². The van der Waals surface area contributed by atoms with E-state index in [0.29, 0.717) is 16.6 Å². The molecule has 0 aliphatic carbocycles. The topological polar surface area (TPSA) is 53.4 Å². The Hall–Kier alpha value is -0.490. The lowest BCUT2D eigenvalue weighted by Crippen LogP contribution is -2.26. The number of hydrogen-bond acceptors (Lipinski definition) is 3. The molecule has 0 aromatic carbocycles. The Bertz CT molecular complexity index is 410. The van der Waals surface area contributed by atoms with Gasteiger partial charge in [0.2, 0.25) is 0 Å². The van der Waals surface area contributed by atoms with E-state index in [1.807, 2.05) is 4.31 Å². The summed E-state index contributed by atoms with van der Waals surface area (Å²) >= 11 is 5.73. The summed E-state index contributed by atoms with van der Waals surface area (Å²) in [6.07, 6.45) is 2.02. The van der Waals surface area contributed by atoms with Crippen molar-refractivity contribution in [3.8, 4) is 0 Å². The summed E-state index contributed by atoms with van der Waals surface area (Å²) in [5, 5.41) is 10.6. The smallest absolute Gasteiger partial charge is 0.146 e. The average molecular weight is 275 g/mol. The van der Waals surface area contributed by atoms with Crippen LogP contribution in [0.2, 0.25) is 5.02 Å². The van der Waals surface area contributed by atoms with E-state index >= 15 is 0 Å². The molecule has 1 aromatic rings. The van der Waals surface area contributed by atoms with Crippen LogP contribution in [0.1, 0.15) is 13.3 Å². The molecule has 2 heterocycles. The molecule has 3 atom stereocenters. The minimum atomic E-state index is -1.25. The number of aliphatic hydroxyl groups excluding tert-OH is 1. The largest absolute Gasteiger partial charge is 0.393 e. The second-order valence-electron chi connectivity index (χ2n) is 4.24. The maximum Gasteiger partial charge on any atom is 0.146 e. The van der Waals surface area contributed by atoms with Crippen LogP contribution in [-0.4, -0.2) is 37.8 Å². The van der Waals surface area contributed by atoms with Crippen LogP contribution in [0.4, 0.5) is 0 Å². The van der Waals surface area contributed by atoms with Gasteiger partial charge in [0.25, 0.3) is 0 Å². The van der Waals surface area contributed by atoms with E-state index in [1.54, 1.807) is 19.1 Å². The molecule has 1 fully saturated rings. The monoisotopic (exact) mass is 274 g/mol. The molecule has 2 rings (SSSR count). The number of aliphatic hydroxyl groups is 1. The minimum Gasteiger partial charge on any atom is -0.393 e. The van der Waals surface area contributed by atoms with Crippen LogP contribution >= 0.6 is 11.6 Å². The summed E-state index contributed by atoms with van der Waals surface area (Å²) in [5.74, 6) is 0.200. The molecule has 94 valence electrons. The fraction of sp³-hybridized carbons (Fsp3) is 0.545. The van der Waals surface area contributed by atoms with Crippen molar-refractivity contribution in [3.63, 3.8) is 0 Å². The molecule has 1 aliphatic heterocycles. The number of hydrogen-bond donors (Lipinski definition) is 1. The van der Waals surface area contributed by atoms with Gasteiger partial charge in [0.05, 0.1) is 11.1 Å². The SMILES string of the molecule is CC(O)C1CCN(S(=O)c2ccc(Cl)cn2)C1. The third-order valence-corrected chi connectivity index (χ3v) is 4.61. The summed E-state index contributed by atoms with van der Waals surface area (Å²) in [7, 11) is -1.25. The molecule has 0 bridgehead atoms. The van der Waals surface area contributed by atoms with Gasteiger partial charge in [0, 0.05) is 19.3 Å². The van der Waals surface area contributed by atoms with E-state index in [1.165, 1.54) is 6.20 Å². The Labute approximate surface area is 108 Å². The van der Waals surface area contributed by atoms with Crippen molar-refractivity contribution >= 4 is 22.6 Å². The molecule has 0 spiro atoms. The summed E-state index contributed by atoms with van der Waals surface area (Å²) in [6.45, 7) is 3.15. The van der Waals surface area contributed by atoms with Crippen LogP contribution in [0.15, 0.2) is 23.4 Å². The average Bonchev–Trinajstić information content (AvgIpc) is 2.78. The first-order chi connectivity index (χ1) is 8.08. The minimum absolute atomic E-state index is 0.200. The van der Waals surface area contributed by atoms with Gasteiger partial charge < -0.3 is 5.11 Å². The first kappa shape index (κ1) is 13.0. The van der Waals surface area contributed by atoms with Gasteiger partial charge in [-0.05, 0) is 31.4 Å². The third-order valence-electron chi connectivity index (χ3n) is 2.98. The van der Waals surface area contributed by atoms with E-state index in [0.717, 1.165) is 13.0 Å². The normalized spacial score (nSPS) is 24.8. The van der Waals surface area contributed by atoms with E-state index in [9.17, 15) is 9.32 Å². The molecule has 1 aromatic heterocycles. The summed E-state index contributed by atoms with van der Waals surface area (Å²) in [4.78, 5) is 4.06. The first-order valence-electron chi connectivity index (χ1n) is 5.54. The highest BCUT2D eigenvalue weighted by Gasteiger charge is 2.30. The fourth-order valence-electron chi connectivity index (χ4n) is 1.90. The van der Waals surface area contributed by atoms with Gasteiger partial charge in [-0.3, -0.25) is 0 Å². The number of nitrogens with zero attached hydrogens (tertiary/aromatic N) is 2. The van der Waals surface area contributed by atoms with Crippen molar-refractivity contribution in [2.24, 2.45) is 5.92 Å². The lowest BCUT2D eigenvalue weighted by molar-refractivity contribution is 0.133. The van der Waals surface area contributed by atoms with Gasteiger partial charge in [-0.2, -0.15) is 0 Å². The quantitative estimate of drug-likeness (QED) is 0.908. The Morgan fingerprint density at radius 1 is 1.65 bits per heavy atom. The molecular formula is C11H15ClN2O2S. The second-order valence-corrected chi connectivity index (χ2v) is 6.11. The Morgan fingerprint density at radius 3 is 2.94 bits per heavy atom. The van der Waals surface area contributed by atoms with Gasteiger partial charge in [-0.25, -0.2) is 13.5 Å². The summed E-state index contributed by atoms with van der Waals surface area (Å²) in [6, 6.07) is 3.36. The molecule has 17 heavy (non-hydrogen) atoms. The van der Waals surface area contributed by atoms with Gasteiger partial charge in [-0.15, -0.1) is 0 Å². The maximum absolute atomic E-state index is 12.2. The van der Waals surface area contributed by atoms with E-state index in [4.69, 9.17) is 11.6 Å². The van der Waals surface area contributed by atoms with Crippen molar-refractivity contribution in [1.29, 1.82) is 0 Å². The molecular weight excluding hydrogens is 260 g/mol. The summed E-state index contributed by atoms with van der Waals surface area (Å²) < 4.78 is 14.0. The molecule has 0 radical (unpaired) electrons. The summed E-state index contributed by atoms with van der Waals surface area (Å²) in [5.41, 5.74) is 0. The van der Waals surface area contributed by atoms with Crippen molar-refractivity contribution < 1.29 is 9.32 Å². The van der Waals surface area contributed by atoms with Crippen molar-refractivity contribution in [1.82, 2.24) is 9.29 Å². The molecule has 1 aliphatic rings. The van der Waals surface area contributed by atoms with E-state index in [-0.39, 0.29) is 12.0 Å². The van der Waals surface area contributed by atoms with Crippen LogP contribution in [0.25, 0.3) is 0 Å². The van der Waals surface area contributed by atoms with Gasteiger partial charge in [-0.1, -0.05) is 11.6 Å². The van der Waals surface area contributed by atoms with Crippen LogP contribution in [0.5, 0.6) is 0 Å². The molecule has 0 saturated carbocycles. The zero-order valence-electron chi connectivity index (χ0n) is 9.54. The molecule has 3 unspecified atom stereocenters. The Morgan fingerprint density at radius 2 is 2.41 bits per heavy atom. The lowest BCUT2D eigenvalue weighted by atomic mass is 10.0. The highest BCUT2D eigenvalue weighted by atomic mass is 35.5. The highest BCUT2D eigenvalue weighted by molar-refractivity contribution is 7.82. The standard InChI is InChI=1S/C11H15ClN2O2S/c1-8(15)9-4-5-14(7-9)17(16)11-3-2-10(12)6-13-11/h2-3,6,8-9,15H,4-5,7H2,1H3. The van der Waals surface area contributed by atoms with Crippen LogP contribution in [0, 0.1) is 5.92 Å². The number of halogens is 1. The second kappa shape index (κ2) is 5.44. The first-order valence-corrected chi connectivity index (χ1v) is 7.03. The van der Waals surface area contributed by atoms with Crippen LogP contribution in [0.3, 0.4) is 0 Å². The van der Waals surface area contributed by atoms with Gasteiger partial charge in [0.15, 0.2) is 0 Å². The third kappa shape index (κ3) is 3.04. The number of aromatic nitrogens is 1. The van der Waals surface area contributed by atoms with Crippen molar-refractivity contribution in [3.05, 3.63) is 23.4 Å². The van der Waals surface area contributed by atoms with Gasteiger partial charge in [0.1, 0.15) is 16.0 Å². The van der Waals surface area contributed by atoms with Gasteiger partial charge >= 0.3 is 0 Å². The number of rotatable bonds is 3. The van der Waals surface area contributed by atoms with Crippen molar-refractivity contribution in [2.45, 2.75) is 24.5 Å². The zero-order chi connectivity index (χ0) is 12.4. The predicted molar refractivity (Wildman–Crippen MR) is 67.0 cm³/mol. The highest BCUT2D eigenvalue weighted by Crippen LogP contribution is 2.23. The maximum atomic E-state index is 12.2. The van der Waals surface area contributed by atoms with E-state index in [2.05, 4.69) is 4.98 Å². The molecule has 0 amide bonds. The predicted octanol–water partition coefficient (Wildman–Crippen LogP) is 1.46. The van der Waals surface area contributed by atoms with E-state index < -0.39 is 11.0 Å². The Kier molecular flexibility index (Phi) is 4.14. The molecule has 6 heteroatoms. The molecule has 4 nitrogen and oxygen atoms in total. The Balaban J connectivity index is 2.04.